The van der Waals surface area contributed by atoms with E-state index in [1.54, 1.807) is 24.7 Å². The van der Waals surface area contributed by atoms with Crippen LogP contribution in [0.1, 0.15) is 27.6 Å². The summed E-state index contributed by atoms with van der Waals surface area (Å²) in [5, 5.41) is 7.67. The third kappa shape index (κ3) is 3.69. The first-order chi connectivity index (χ1) is 13.1. The number of aromatic nitrogens is 4. The molecule has 1 aliphatic rings. The zero-order chi connectivity index (χ0) is 18.8. The quantitative estimate of drug-likeness (QED) is 0.762. The topological polar surface area (TPSA) is 89.1 Å². The highest BCUT2D eigenvalue weighted by atomic mass is 16.3. The number of hydrogen-bond acceptors (Lipinski definition) is 6. The summed E-state index contributed by atoms with van der Waals surface area (Å²) in [6.45, 7) is 6.21. The molecule has 0 saturated heterocycles. The number of furan rings is 1. The molecule has 0 radical (unpaired) electrons. The van der Waals surface area contributed by atoms with Crippen molar-refractivity contribution in [3.8, 4) is 0 Å². The Labute approximate surface area is 157 Å². The fourth-order valence-corrected chi connectivity index (χ4v) is 3.46. The van der Waals surface area contributed by atoms with Crippen LogP contribution >= 0.6 is 0 Å². The maximum absolute atomic E-state index is 13.1. The molecule has 1 atom stereocenters. The van der Waals surface area contributed by atoms with Crippen LogP contribution in [0.5, 0.6) is 0 Å². The number of aryl methyl sites for hydroxylation is 2. The first-order valence-corrected chi connectivity index (χ1v) is 8.98. The second-order valence-corrected chi connectivity index (χ2v) is 6.84. The Balaban J connectivity index is 1.54. The Morgan fingerprint density at radius 1 is 1.26 bits per heavy atom. The van der Waals surface area contributed by atoms with Crippen molar-refractivity contribution < 1.29 is 9.21 Å². The van der Waals surface area contributed by atoms with Gasteiger partial charge in [0.15, 0.2) is 0 Å². The number of amides is 1. The third-order valence-corrected chi connectivity index (χ3v) is 4.74. The molecule has 4 rings (SSSR count). The number of anilines is 1. The monoisotopic (exact) mass is 366 g/mol. The molecule has 27 heavy (non-hydrogen) atoms. The van der Waals surface area contributed by atoms with Crippen LogP contribution in [0.3, 0.4) is 0 Å². The predicted octanol–water partition coefficient (Wildman–Crippen LogP) is 2.27. The highest BCUT2D eigenvalue weighted by Crippen LogP contribution is 2.21. The van der Waals surface area contributed by atoms with Crippen molar-refractivity contribution in [3.05, 3.63) is 59.6 Å². The van der Waals surface area contributed by atoms with E-state index in [4.69, 9.17) is 4.42 Å². The van der Waals surface area contributed by atoms with E-state index in [-0.39, 0.29) is 11.8 Å². The predicted molar refractivity (Wildman–Crippen MR) is 99.2 cm³/mol. The van der Waals surface area contributed by atoms with Crippen LogP contribution in [0.4, 0.5) is 5.95 Å². The van der Waals surface area contributed by atoms with Gasteiger partial charge in [0.25, 0.3) is 5.91 Å². The summed E-state index contributed by atoms with van der Waals surface area (Å²) in [5.74, 6) is 2.14. The highest BCUT2D eigenvalue weighted by molar-refractivity contribution is 5.95. The van der Waals surface area contributed by atoms with Crippen LogP contribution < -0.4 is 5.32 Å². The molecule has 1 N–H and O–H groups in total. The normalized spacial score (nSPS) is 16.7. The van der Waals surface area contributed by atoms with Crippen LogP contribution in [-0.4, -0.2) is 43.6 Å². The molecule has 1 aliphatic heterocycles. The van der Waals surface area contributed by atoms with Gasteiger partial charge in [-0.15, -0.1) is 0 Å². The van der Waals surface area contributed by atoms with Gasteiger partial charge in [0.05, 0.1) is 17.8 Å². The fourth-order valence-electron chi connectivity index (χ4n) is 3.46. The van der Waals surface area contributed by atoms with Crippen molar-refractivity contribution in [2.24, 2.45) is 5.92 Å². The number of hydrogen-bond donors (Lipinski definition) is 1. The summed E-state index contributed by atoms with van der Waals surface area (Å²) in [6, 6.07) is 5.55. The van der Waals surface area contributed by atoms with Gasteiger partial charge < -0.3 is 14.6 Å². The largest absolute Gasteiger partial charge is 0.466 e. The Bertz CT molecular complexity index is 933. The van der Waals surface area contributed by atoms with E-state index in [9.17, 15) is 4.79 Å². The average molecular weight is 366 g/mol. The third-order valence-electron chi connectivity index (χ3n) is 4.74. The first kappa shape index (κ1) is 17.3. The van der Waals surface area contributed by atoms with Crippen LogP contribution in [0, 0.1) is 19.8 Å². The fraction of sp³-hybridized carbons (Fsp3) is 0.368. The molecule has 3 aromatic rings. The smallest absolute Gasteiger partial charge is 0.257 e. The van der Waals surface area contributed by atoms with Crippen LogP contribution in [0.25, 0.3) is 0 Å². The van der Waals surface area contributed by atoms with E-state index < -0.39 is 0 Å². The van der Waals surface area contributed by atoms with Crippen LogP contribution in [-0.2, 0) is 13.1 Å². The first-order valence-electron chi connectivity index (χ1n) is 8.98. The molecule has 3 aromatic heterocycles. The number of rotatable bonds is 4. The Kier molecular flexibility index (Phi) is 4.62. The summed E-state index contributed by atoms with van der Waals surface area (Å²) < 4.78 is 7.52. The maximum Gasteiger partial charge on any atom is 0.257 e. The molecular weight excluding hydrogens is 344 g/mol. The van der Waals surface area contributed by atoms with E-state index >= 15 is 0 Å². The molecule has 8 heteroatoms. The Hall–Kier alpha value is -3.16. The standard InChI is InChI=1S/C19H22N6O2/c1-13-8-17(14(2)27-13)18(26)24-10-15(9-22-19-20-5-3-6-21-19)11-25-16(12-24)4-7-23-25/h3-8,15H,9-12H2,1-2H3,(H,20,21,22). The lowest BCUT2D eigenvalue weighted by atomic mass is 10.1. The van der Waals surface area contributed by atoms with Gasteiger partial charge in [0, 0.05) is 44.1 Å². The van der Waals surface area contributed by atoms with E-state index in [0.717, 1.165) is 18.0 Å². The van der Waals surface area contributed by atoms with Crippen molar-refractivity contribution >= 4 is 11.9 Å². The van der Waals surface area contributed by atoms with Crippen LogP contribution in [0.2, 0.25) is 0 Å². The lowest BCUT2D eigenvalue weighted by Gasteiger charge is -2.24. The zero-order valence-corrected chi connectivity index (χ0v) is 15.4. The minimum absolute atomic E-state index is 0.0139. The molecule has 0 aromatic carbocycles. The summed E-state index contributed by atoms with van der Waals surface area (Å²) >= 11 is 0. The van der Waals surface area contributed by atoms with E-state index in [0.29, 0.717) is 36.9 Å². The minimum Gasteiger partial charge on any atom is -0.466 e. The van der Waals surface area contributed by atoms with Gasteiger partial charge in [-0.3, -0.25) is 9.48 Å². The number of nitrogens with one attached hydrogen (secondary N) is 1. The van der Waals surface area contributed by atoms with E-state index in [1.165, 1.54) is 0 Å². The lowest BCUT2D eigenvalue weighted by Crippen LogP contribution is -2.36. The summed E-state index contributed by atoms with van der Waals surface area (Å²) in [7, 11) is 0. The molecule has 0 spiro atoms. The average Bonchev–Trinajstić information content (AvgIpc) is 3.19. The molecule has 1 amide bonds. The molecular formula is C19H22N6O2. The molecule has 140 valence electrons. The number of fused-ring (bicyclic) bond motifs is 1. The molecule has 8 nitrogen and oxygen atoms in total. The van der Waals surface area contributed by atoms with Gasteiger partial charge >= 0.3 is 0 Å². The van der Waals surface area contributed by atoms with Gasteiger partial charge in [-0.25, -0.2) is 9.97 Å². The lowest BCUT2D eigenvalue weighted by molar-refractivity contribution is 0.0722. The number of carbonyl (C=O) groups excluding carboxylic acids is 1. The molecule has 0 aliphatic carbocycles. The highest BCUT2D eigenvalue weighted by Gasteiger charge is 2.28. The molecule has 4 heterocycles. The number of carbonyl (C=O) groups is 1. The van der Waals surface area contributed by atoms with Crippen molar-refractivity contribution in [3.63, 3.8) is 0 Å². The molecule has 0 saturated carbocycles. The van der Waals surface area contributed by atoms with Crippen LogP contribution in [0.15, 0.2) is 41.2 Å². The number of nitrogens with zero attached hydrogens (tertiary/aromatic N) is 5. The van der Waals surface area contributed by atoms with Gasteiger partial charge in [0.2, 0.25) is 5.95 Å². The second kappa shape index (κ2) is 7.22. The van der Waals surface area contributed by atoms with Crippen molar-refractivity contribution in [1.82, 2.24) is 24.6 Å². The SMILES string of the molecule is Cc1cc(C(=O)N2Cc3ccnn3CC(CNc3ncccn3)C2)c(C)o1. The van der Waals surface area contributed by atoms with E-state index in [1.807, 2.05) is 35.6 Å². The Morgan fingerprint density at radius 3 is 2.81 bits per heavy atom. The van der Waals surface area contributed by atoms with Gasteiger partial charge in [-0.2, -0.15) is 5.10 Å². The van der Waals surface area contributed by atoms with Crippen molar-refractivity contribution in [2.45, 2.75) is 26.9 Å². The molecule has 1 unspecified atom stereocenters. The summed E-state index contributed by atoms with van der Waals surface area (Å²) in [6.07, 6.45) is 5.18. The second-order valence-electron chi connectivity index (χ2n) is 6.84. The maximum atomic E-state index is 13.1. The minimum atomic E-state index is -0.0139. The van der Waals surface area contributed by atoms with Gasteiger partial charge in [-0.05, 0) is 32.0 Å². The van der Waals surface area contributed by atoms with Crippen molar-refractivity contribution in [1.29, 1.82) is 0 Å². The Morgan fingerprint density at radius 2 is 2.07 bits per heavy atom. The van der Waals surface area contributed by atoms with Gasteiger partial charge in [-0.1, -0.05) is 0 Å². The molecule has 0 bridgehead atoms. The summed E-state index contributed by atoms with van der Waals surface area (Å²) in [4.78, 5) is 23.4. The zero-order valence-electron chi connectivity index (χ0n) is 15.4. The van der Waals surface area contributed by atoms with Crippen molar-refractivity contribution in [2.75, 3.05) is 18.4 Å². The summed E-state index contributed by atoms with van der Waals surface area (Å²) in [5.41, 5.74) is 1.65. The molecule has 0 fully saturated rings. The van der Waals surface area contributed by atoms with E-state index in [2.05, 4.69) is 20.4 Å². The van der Waals surface area contributed by atoms with Gasteiger partial charge in [0.1, 0.15) is 11.5 Å².